The molecule has 0 spiro atoms. The molecule has 0 bridgehead atoms. The summed E-state index contributed by atoms with van der Waals surface area (Å²) in [6.45, 7) is 4.22. The van der Waals surface area contributed by atoms with Crippen LogP contribution in [0.2, 0.25) is 0 Å². The number of aromatic nitrogens is 3. The van der Waals surface area contributed by atoms with E-state index in [-0.39, 0.29) is 18.0 Å². The van der Waals surface area contributed by atoms with E-state index < -0.39 is 36.0 Å². The monoisotopic (exact) mass is 432 g/mol. The quantitative estimate of drug-likeness (QED) is 0.316. The Morgan fingerprint density at radius 2 is 0.833 bits per heavy atom. The molecule has 3 N–H and O–H groups in total. The molecule has 15 heteroatoms. The zero-order valence-electron chi connectivity index (χ0n) is 17.2. The van der Waals surface area contributed by atoms with Crippen molar-refractivity contribution < 1.29 is 43.1 Å². The number of hydrogen-bond acceptors (Lipinski definition) is 12. The number of amides is 3. The van der Waals surface area contributed by atoms with Gasteiger partial charge in [0.2, 0.25) is 0 Å². The lowest BCUT2D eigenvalue weighted by molar-refractivity contribution is -0.138. The Kier molecular flexibility index (Phi) is 10.1. The predicted octanol–water partition coefficient (Wildman–Crippen LogP) is -1.79. The van der Waals surface area contributed by atoms with Gasteiger partial charge in [-0.05, 0) is 20.8 Å². The maximum Gasteiger partial charge on any atom is 0.326 e. The number of carbonyl (C=O) groups excluding carboxylic acids is 3. The predicted molar refractivity (Wildman–Crippen MR) is 95.6 cm³/mol. The smallest absolute Gasteiger partial charge is 0.326 e. The number of ether oxygens (including phenoxy) is 3. The highest BCUT2D eigenvalue weighted by molar-refractivity contribution is 5.80. The van der Waals surface area contributed by atoms with Crippen molar-refractivity contribution >= 4 is 17.7 Å². The van der Waals surface area contributed by atoms with Gasteiger partial charge in [0, 0.05) is 0 Å². The van der Waals surface area contributed by atoms with E-state index in [2.05, 4.69) is 45.9 Å². The number of nitrogens with one attached hydrogen (secondary N) is 3. The van der Waals surface area contributed by atoms with E-state index in [1.165, 1.54) is 42.1 Å². The van der Waals surface area contributed by atoms with Crippen LogP contribution >= 0.6 is 0 Å². The minimum Gasteiger partial charge on any atom is -0.450 e. The highest BCUT2D eigenvalue weighted by Gasteiger charge is 2.23. The molecule has 0 radical (unpaired) electrons. The first-order valence-corrected chi connectivity index (χ1v) is 8.46. The average Bonchev–Trinajstić information content (AvgIpc) is 2.68. The normalized spacial score (nSPS) is 13.4. The standard InChI is InChI=1S/C15H24N6O9/c1-7(10(22)19-25-4)28-13-16-14(29-8(2)11(23)20-26-5)18-15(17-13)30-9(3)12(24)21-27-6/h7-9H,1-6H3,(H,19,22)(H,20,23)(H,21,24). The molecule has 0 fully saturated rings. The van der Waals surface area contributed by atoms with E-state index in [9.17, 15) is 14.4 Å². The molecule has 15 nitrogen and oxygen atoms in total. The van der Waals surface area contributed by atoms with Crippen LogP contribution in [0.4, 0.5) is 0 Å². The van der Waals surface area contributed by atoms with Gasteiger partial charge in [-0.1, -0.05) is 0 Å². The summed E-state index contributed by atoms with van der Waals surface area (Å²) in [5.41, 5.74) is 6.26. The van der Waals surface area contributed by atoms with Crippen molar-refractivity contribution in [1.82, 2.24) is 31.4 Å². The van der Waals surface area contributed by atoms with Gasteiger partial charge in [0.1, 0.15) is 0 Å². The van der Waals surface area contributed by atoms with Crippen molar-refractivity contribution in [2.75, 3.05) is 21.3 Å². The number of rotatable bonds is 12. The van der Waals surface area contributed by atoms with E-state index in [0.717, 1.165) is 0 Å². The van der Waals surface area contributed by atoms with Crippen molar-refractivity contribution in [3.05, 3.63) is 0 Å². The molecule has 0 saturated carbocycles. The molecule has 0 aliphatic rings. The van der Waals surface area contributed by atoms with Crippen LogP contribution in [0.3, 0.4) is 0 Å². The van der Waals surface area contributed by atoms with Crippen molar-refractivity contribution in [1.29, 1.82) is 0 Å². The van der Waals surface area contributed by atoms with E-state index in [1.54, 1.807) is 0 Å². The second-order valence-electron chi connectivity index (χ2n) is 5.47. The third-order valence-corrected chi connectivity index (χ3v) is 3.14. The molecule has 0 aliphatic carbocycles. The second kappa shape index (κ2) is 12.3. The minimum absolute atomic E-state index is 0.368. The summed E-state index contributed by atoms with van der Waals surface area (Å²) in [5.74, 6) is -1.87. The van der Waals surface area contributed by atoms with Crippen LogP contribution in [0.15, 0.2) is 0 Å². The summed E-state index contributed by atoms with van der Waals surface area (Å²) in [4.78, 5) is 60.5. The zero-order chi connectivity index (χ0) is 22.7. The van der Waals surface area contributed by atoms with Crippen molar-refractivity contribution in [3.8, 4) is 18.0 Å². The first-order chi connectivity index (χ1) is 14.2. The maximum absolute atomic E-state index is 11.8. The van der Waals surface area contributed by atoms with Crippen LogP contribution in [0.25, 0.3) is 0 Å². The highest BCUT2D eigenvalue weighted by atomic mass is 16.7. The van der Waals surface area contributed by atoms with Gasteiger partial charge in [-0.2, -0.15) is 0 Å². The van der Waals surface area contributed by atoms with E-state index >= 15 is 0 Å². The Morgan fingerprint density at radius 3 is 1.03 bits per heavy atom. The third kappa shape index (κ3) is 7.98. The Labute approximate surface area is 171 Å². The summed E-state index contributed by atoms with van der Waals surface area (Å²) in [7, 11) is 3.76. The van der Waals surface area contributed by atoms with Gasteiger partial charge in [0.25, 0.3) is 17.7 Å². The molecule has 30 heavy (non-hydrogen) atoms. The van der Waals surface area contributed by atoms with Crippen molar-refractivity contribution in [3.63, 3.8) is 0 Å². The fourth-order valence-corrected chi connectivity index (χ4v) is 1.66. The molecule has 168 valence electrons. The lowest BCUT2D eigenvalue weighted by atomic mass is 10.4. The molecule has 0 aromatic carbocycles. The second-order valence-corrected chi connectivity index (χ2v) is 5.47. The largest absolute Gasteiger partial charge is 0.450 e. The van der Waals surface area contributed by atoms with Crippen LogP contribution < -0.4 is 30.7 Å². The van der Waals surface area contributed by atoms with Crippen LogP contribution in [0, 0.1) is 0 Å². The van der Waals surface area contributed by atoms with E-state index in [0.29, 0.717) is 0 Å². The van der Waals surface area contributed by atoms with Crippen LogP contribution in [0.5, 0.6) is 18.0 Å². The maximum atomic E-state index is 11.8. The molecule has 0 aliphatic heterocycles. The SMILES string of the molecule is CONC(=O)C(C)Oc1nc(OC(C)C(=O)NOC)nc(OC(C)C(=O)NOC)n1. The summed E-state index contributed by atoms with van der Waals surface area (Å²) in [5, 5.41) is 0. The van der Waals surface area contributed by atoms with E-state index in [4.69, 9.17) is 14.2 Å². The molecule has 3 unspecified atom stereocenters. The summed E-state index contributed by atoms with van der Waals surface area (Å²) < 4.78 is 16.0. The molecule has 3 atom stereocenters. The topological polar surface area (TPSA) is 181 Å². The first-order valence-electron chi connectivity index (χ1n) is 8.46. The Bertz CT molecular complexity index is 627. The van der Waals surface area contributed by atoms with Gasteiger partial charge < -0.3 is 14.2 Å². The summed E-state index contributed by atoms with van der Waals surface area (Å²) in [6, 6.07) is -1.10. The molecule has 0 saturated heterocycles. The first kappa shape index (κ1) is 24.7. The number of hydroxylamine groups is 3. The van der Waals surface area contributed by atoms with Crippen LogP contribution in [-0.4, -0.2) is 72.3 Å². The summed E-state index contributed by atoms with van der Waals surface area (Å²) >= 11 is 0. The molecule has 1 aromatic rings. The van der Waals surface area contributed by atoms with Gasteiger partial charge in [0.05, 0.1) is 21.3 Å². The molecular formula is C15H24N6O9. The molecule has 3 amide bonds. The van der Waals surface area contributed by atoms with Crippen molar-refractivity contribution in [2.24, 2.45) is 0 Å². The van der Waals surface area contributed by atoms with Crippen LogP contribution in [0.1, 0.15) is 20.8 Å². The fraction of sp³-hybridized carbons (Fsp3) is 0.600. The molecular weight excluding hydrogens is 408 g/mol. The lowest BCUT2D eigenvalue weighted by Crippen LogP contribution is -2.37. The Hall–Kier alpha value is -3.30. The molecule has 1 heterocycles. The molecule has 1 aromatic heterocycles. The Morgan fingerprint density at radius 1 is 0.600 bits per heavy atom. The minimum atomic E-state index is -1.07. The van der Waals surface area contributed by atoms with Crippen molar-refractivity contribution in [2.45, 2.75) is 39.1 Å². The highest BCUT2D eigenvalue weighted by Crippen LogP contribution is 2.18. The Balaban J connectivity index is 3.09. The zero-order valence-corrected chi connectivity index (χ0v) is 17.2. The third-order valence-electron chi connectivity index (χ3n) is 3.14. The average molecular weight is 432 g/mol. The number of hydrogen-bond donors (Lipinski definition) is 3. The van der Waals surface area contributed by atoms with E-state index in [1.807, 2.05) is 0 Å². The number of carbonyl (C=O) groups is 3. The van der Waals surface area contributed by atoms with Gasteiger partial charge >= 0.3 is 18.0 Å². The lowest BCUT2D eigenvalue weighted by Gasteiger charge is -2.16. The summed E-state index contributed by atoms with van der Waals surface area (Å²) in [6.07, 6.45) is -3.22. The molecule has 1 rings (SSSR count). The van der Waals surface area contributed by atoms with Gasteiger partial charge in [-0.3, -0.25) is 28.9 Å². The van der Waals surface area contributed by atoms with Crippen LogP contribution in [-0.2, 0) is 28.9 Å². The number of nitrogens with zero attached hydrogens (tertiary/aromatic N) is 3. The van der Waals surface area contributed by atoms with Gasteiger partial charge in [-0.25, -0.2) is 16.4 Å². The van der Waals surface area contributed by atoms with Gasteiger partial charge in [0.15, 0.2) is 18.3 Å². The fourth-order valence-electron chi connectivity index (χ4n) is 1.66. The van der Waals surface area contributed by atoms with Gasteiger partial charge in [-0.15, -0.1) is 15.0 Å².